The lowest BCUT2D eigenvalue weighted by atomic mass is 10.2. The molecular formula is C18H33F4NO5. The summed E-state index contributed by atoms with van der Waals surface area (Å²) in [6, 6.07) is 0. The van der Waals surface area contributed by atoms with Gasteiger partial charge in [-0.3, -0.25) is 0 Å². The van der Waals surface area contributed by atoms with Crippen LogP contribution in [0.5, 0.6) is 0 Å². The predicted molar refractivity (Wildman–Crippen MR) is 96.1 cm³/mol. The van der Waals surface area contributed by atoms with Crippen LogP contribution in [0.3, 0.4) is 0 Å². The molecule has 10 heteroatoms. The van der Waals surface area contributed by atoms with E-state index in [1.165, 1.54) is 0 Å². The SMILES string of the molecule is CCCCC(COC(C)COCCOCC)OC(=O)NCC(F)CC(F)(F)F. The quantitative estimate of drug-likeness (QED) is 0.302. The second kappa shape index (κ2) is 15.8. The van der Waals surface area contributed by atoms with Crippen molar-refractivity contribution in [2.24, 2.45) is 0 Å². The molecule has 3 unspecified atom stereocenters. The van der Waals surface area contributed by atoms with E-state index >= 15 is 0 Å². The lowest BCUT2D eigenvalue weighted by Crippen LogP contribution is -2.36. The molecule has 0 aromatic heterocycles. The molecule has 0 aliphatic heterocycles. The summed E-state index contributed by atoms with van der Waals surface area (Å²) in [5, 5.41) is 2.02. The maximum atomic E-state index is 13.2. The van der Waals surface area contributed by atoms with E-state index in [0.29, 0.717) is 32.8 Å². The van der Waals surface area contributed by atoms with E-state index in [4.69, 9.17) is 18.9 Å². The Labute approximate surface area is 164 Å². The molecule has 0 aromatic rings. The Balaban J connectivity index is 4.18. The number of nitrogens with one attached hydrogen (secondary N) is 1. The van der Waals surface area contributed by atoms with Crippen molar-refractivity contribution in [3.05, 3.63) is 0 Å². The van der Waals surface area contributed by atoms with Crippen molar-refractivity contribution < 1.29 is 41.3 Å². The van der Waals surface area contributed by atoms with Crippen molar-refractivity contribution >= 4 is 6.09 Å². The van der Waals surface area contributed by atoms with Gasteiger partial charge >= 0.3 is 12.3 Å². The minimum absolute atomic E-state index is 0.116. The molecule has 0 radical (unpaired) electrons. The molecule has 6 nitrogen and oxygen atoms in total. The van der Waals surface area contributed by atoms with Gasteiger partial charge in [0.15, 0.2) is 0 Å². The van der Waals surface area contributed by atoms with Crippen LogP contribution in [0.25, 0.3) is 0 Å². The Morgan fingerprint density at radius 2 is 1.79 bits per heavy atom. The highest BCUT2D eigenvalue weighted by molar-refractivity contribution is 5.67. The van der Waals surface area contributed by atoms with E-state index in [1.807, 2.05) is 26.1 Å². The molecule has 0 aromatic carbocycles. The molecule has 0 aliphatic carbocycles. The zero-order valence-electron chi connectivity index (χ0n) is 16.9. The first kappa shape index (κ1) is 26.9. The fourth-order valence-corrected chi connectivity index (χ4v) is 2.15. The van der Waals surface area contributed by atoms with Crippen molar-refractivity contribution in [3.8, 4) is 0 Å². The Bertz CT molecular complexity index is 399. The molecule has 1 N–H and O–H groups in total. The maximum Gasteiger partial charge on any atom is 0.407 e. The van der Waals surface area contributed by atoms with Crippen LogP contribution < -0.4 is 5.32 Å². The van der Waals surface area contributed by atoms with Crippen molar-refractivity contribution in [1.29, 1.82) is 0 Å². The summed E-state index contributed by atoms with van der Waals surface area (Å²) in [7, 11) is 0. The van der Waals surface area contributed by atoms with Crippen molar-refractivity contribution in [2.45, 2.75) is 71.0 Å². The van der Waals surface area contributed by atoms with E-state index in [-0.39, 0.29) is 12.7 Å². The van der Waals surface area contributed by atoms with Gasteiger partial charge in [0.1, 0.15) is 12.3 Å². The second-order valence-electron chi connectivity index (χ2n) is 6.38. The van der Waals surface area contributed by atoms with E-state index in [2.05, 4.69) is 0 Å². The predicted octanol–water partition coefficient (Wildman–Crippen LogP) is 4.02. The highest BCUT2D eigenvalue weighted by Gasteiger charge is 2.32. The van der Waals surface area contributed by atoms with Gasteiger partial charge in [-0.05, 0) is 26.7 Å². The number of hydrogen-bond acceptors (Lipinski definition) is 5. The van der Waals surface area contributed by atoms with Gasteiger partial charge in [-0.1, -0.05) is 13.3 Å². The number of rotatable bonds is 16. The Morgan fingerprint density at radius 3 is 2.39 bits per heavy atom. The van der Waals surface area contributed by atoms with E-state index in [1.54, 1.807) is 0 Å². The van der Waals surface area contributed by atoms with Crippen LogP contribution >= 0.6 is 0 Å². The van der Waals surface area contributed by atoms with Crippen LogP contribution in [-0.2, 0) is 18.9 Å². The van der Waals surface area contributed by atoms with E-state index in [9.17, 15) is 22.4 Å². The molecule has 0 aliphatic rings. The second-order valence-corrected chi connectivity index (χ2v) is 6.38. The van der Waals surface area contributed by atoms with Gasteiger partial charge in [-0.25, -0.2) is 9.18 Å². The van der Waals surface area contributed by atoms with Crippen LogP contribution in [0.1, 0.15) is 46.5 Å². The van der Waals surface area contributed by atoms with Crippen LogP contribution in [-0.4, -0.2) is 70.2 Å². The first-order chi connectivity index (χ1) is 13.2. The summed E-state index contributed by atoms with van der Waals surface area (Å²) in [4.78, 5) is 11.7. The number of alkyl halides is 4. The highest BCUT2D eigenvalue weighted by Crippen LogP contribution is 2.22. The minimum Gasteiger partial charge on any atom is -0.444 e. The molecule has 0 spiro atoms. The van der Waals surface area contributed by atoms with Gasteiger partial charge in [-0.2, -0.15) is 13.2 Å². The molecular weight excluding hydrogens is 386 g/mol. The largest absolute Gasteiger partial charge is 0.444 e. The summed E-state index contributed by atoms with van der Waals surface area (Å²) in [5.41, 5.74) is 0. The molecule has 3 atom stereocenters. The summed E-state index contributed by atoms with van der Waals surface area (Å²) >= 11 is 0. The molecule has 0 bridgehead atoms. The van der Waals surface area contributed by atoms with Gasteiger partial charge in [-0.15, -0.1) is 0 Å². The number of hydrogen-bond donors (Lipinski definition) is 1. The summed E-state index contributed by atoms with van der Waals surface area (Å²) < 4.78 is 70.8. The van der Waals surface area contributed by atoms with Crippen molar-refractivity contribution in [3.63, 3.8) is 0 Å². The van der Waals surface area contributed by atoms with E-state index in [0.717, 1.165) is 12.8 Å². The number of carbonyl (C=O) groups excluding carboxylic acids is 1. The normalized spacial score (nSPS) is 15.1. The molecule has 0 saturated carbocycles. The third kappa shape index (κ3) is 17.0. The third-order valence-corrected chi connectivity index (χ3v) is 3.57. The monoisotopic (exact) mass is 419 g/mol. The smallest absolute Gasteiger partial charge is 0.407 e. The molecule has 0 heterocycles. The average molecular weight is 419 g/mol. The topological polar surface area (TPSA) is 66.0 Å². The fourth-order valence-electron chi connectivity index (χ4n) is 2.15. The van der Waals surface area contributed by atoms with Gasteiger partial charge in [0.2, 0.25) is 0 Å². The molecule has 0 rings (SSSR count). The fraction of sp³-hybridized carbons (Fsp3) is 0.944. The summed E-state index contributed by atoms with van der Waals surface area (Å²) in [6.45, 7) is 6.93. The Kier molecular flexibility index (Phi) is 15.1. The van der Waals surface area contributed by atoms with Crippen LogP contribution in [0.15, 0.2) is 0 Å². The first-order valence-electron chi connectivity index (χ1n) is 9.60. The molecule has 168 valence electrons. The van der Waals surface area contributed by atoms with Gasteiger partial charge < -0.3 is 24.3 Å². The van der Waals surface area contributed by atoms with Gasteiger partial charge in [0.25, 0.3) is 0 Å². The van der Waals surface area contributed by atoms with Gasteiger partial charge in [0, 0.05) is 6.61 Å². The Morgan fingerprint density at radius 1 is 1.11 bits per heavy atom. The van der Waals surface area contributed by atoms with Crippen LogP contribution in [0.2, 0.25) is 0 Å². The zero-order valence-corrected chi connectivity index (χ0v) is 16.9. The average Bonchev–Trinajstić information content (AvgIpc) is 2.60. The Hall–Kier alpha value is -1.13. The molecule has 1 amide bonds. The number of carbonyl (C=O) groups is 1. The van der Waals surface area contributed by atoms with Crippen LogP contribution in [0, 0.1) is 0 Å². The molecule has 28 heavy (non-hydrogen) atoms. The van der Waals surface area contributed by atoms with Crippen LogP contribution in [0.4, 0.5) is 22.4 Å². The number of ether oxygens (including phenoxy) is 4. The first-order valence-corrected chi connectivity index (χ1v) is 9.60. The number of halogens is 4. The number of alkyl carbamates (subject to hydrolysis) is 1. The highest BCUT2D eigenvalue weighted by atomic mass is 19.4. The third-order valence-electron chi connectivity index (χ3n) is 3.57. The summed E-state index contributed by atoms with van der Waals surface area (Å²) in [5.74, 6) is 0. The standard InChI is InChI=1S/C18H33F4NO5/c1-4-6-7-16(13-27-14(3)12-26-9-8-25-5-2)28-17(24)23-11-15(19)10-18(20,21)22/h14-16H,4-13H2,1-3H3,(H,23,24). The lowest BCUT2D eigenvalue weighted by Gasteiger charge is -2.21. The van der Waals surface area contributed by atoms with Crippen molar-refractivity contribution in [1.82, 2.24) is 5.32 Å². The minimum atomic E-state index is -4.62. The lowest BCUT2D eigenvalue weighted by molar-refractivity contribution is -0.145. The zero-order chi connectivity index (χ0) is 21.4. The molecule has 0 saturated heterocycles. The van der Waals surface area contributed by atoms with Gasteiger partial charge in [0.05, 0.1) is 45.5 Å². The van der Waals surface area contributed by atoms with Crippen molar-refractivity contribution in [2.75, 3.05) is 39.6 Å². The summed E-state index contributed by atoms with van der Waals surface area (Å²) in [6.07, 6.45) is -8.05. The van der Waals surface area contributed by atoms with E-state index < -0.39 is 37.5 Å². The number of amides is 1. The number of unbranched alkanes of at least 4 members (excludes halogenated alkanes) is 1. The molecule has 0 fully saturated rings. The maximum absolute atomic E-state index is 13.2.